The Hall–Kier alpha value is -0.730. The summed E-state index contributed by atoms with van der Waals surface area (Å²) in [6, 6.07) is 0.134. The van der Waals surface area contributed by atoms with Crippen molar-refractivity contribution in [2.24, 2.45) is 5.41 Å². The highest BCUT2D eigenvalue weighted by molar-refractivity contribution is 5.73. The van der Waals surface area contributed by atoms with Gasteiger partial charge in [0.15, 0.2) is 0 Å². The number of carbonyl (C=O) groups is 1. The molecule has 0 bridgehead atoms. The van der Waals surface area contributed by atoms with Gasteiger partial charge in [0.1, 0.15) is 0 Å². The molecule has 3 heteroatoms. The fraction of sp³-hybridized carbons (Fsp3) is 0.889. The van der Waals surface area contributed by atoms with Gasteiger partial charge in [-0.1, -0.05) is 27.7 Å². The first-order chi connectivity index (χ1) is 5.41. The molecular weight excluding hydrogens is 152 g/mol. The first-order valence-corrected chi connectivity index (χ1v) is 4.40. The average Bonchev–Trinajstić information content (AvgIpc) is 1.97. The third kappa shape index (κ3) is 3.60. The molecule has 0 aliphatic rings. The zero-order valence-electron chi connectivity index (χ0n) is 8.69. The summed E-state index contributed by atoms with van der Waals surface area (Å²) < 4.78 is 0. The van der Waals surface area contributed by atoms with Crippen LogP contribution in [0.3, 0.4) is 0 Å². The number of nitrogens with one attached hydrogen (secondary N) is 2. The SMILES string of the molecule is CCC(NC(=O)NC)C(C)(C)C. The van der Waals surface area contributed by atoms with Gasteiger partial charge in [-0.2, -0.15) is 0 Å². The number of hydrogen-bond donors (Lipinski definition) is 2. The largest absolute Gasteiger partial charge is 0.341 e. The van der Waals surface area contributed by atoms with Gasteiger partial charge in [0.25, 0.3) is 0 Å². The molecule has 2 amide bonds. The molecule has 0 heterocycles. The Morgan fingerprint density at radius 1 is 1.42 bits per heavy atom. The Kier molecular flexibility index (Phi) is 4.07. The highest BCUT2D eigenvalue weighted by Gasteiger charge is 2.23. The van der Waals surface area contributed by atoms with E-state index in [0.29, 0.717) is 0 Å². The minimum atomic E-state index is -0.100. The summed E-state index contributed by atoms with van der Waals surface area (Å²) in [5, 5.41) is 5.46. The van der Waals surface area contributed by atoms with E-state index < -0.39 is 0 Å². The van der Waals surface area contributed by atoms with Crippen LogP contribution in [0.4, 0.5) is 4.79 Å². The molecule has 0 rings (SSSR count). The monoisotopic (exact) mass is 172 g/mol. The topological polar surface area (TPSA) is 41.1 Å². The maximum atomic E-state index is 11.0. The molecule has 0 aromatic rings. The van der Waals surface area contributed by atoms with Crippen LogP contribution in [-0.4, -0.2) is 19.1 Å². The van der Waals surface area contributed by atoms with E-state index >= 15 is 0 Å². The molecule has 0 spiro atoms. The van der Waals surface area contributed by atoms with Gasteiger partial charge in [0.2, 0.25) is 0 Å². The maximum absolute atomic E-state index is 11.0. The van der Waals surface area contributed by atoms with Crippen LogP contribution in [0.25, 0.3) is 0 Å². The second-order valence-corrected chi connectivity index (χ2v) is 4.05. The predicted molar refractivity (Wildman–Crippen MR) is 51.1 cm³/mol. The van der Waals surface area contributed by atoms with Crippen LogP contribution in [0.1, 0.15) is 34.1 Å². The molecular formula is C9H20N2O. The first kappa shape index (κ1) is 11.3. The predicted octanol–water partition coefficient (Wildman–Crippen LogP) is 1.74. The summed E-state index contributed by atoms with van der Waals surface area (Å²) >= 11 is 0. The molecule has 0 aliphatic heterocycles. The van der Waals surface area contributed by atoms with Crippen molar-refractivity contribution in [3.05, 3.63) is 0 Å². The Labute approximate surface area is 74.9 Å². The van der Waals surface area contributed by atoms with Crippen molar-refractivity contribution in [1.82, 2.24) is 10.6 Å². The normalized spacial score (nSPS) is 13.8. The summed E-state index contributed by atoms with van der Waals surface area (Å²) in [7, 11) is 1.63. The fourth-order valence-corrected chi connectivity index (χ4v) is 1.16. The van der Waals surface area contributed by atoms with Gasteiger partial charge in [0.05, 0.1) is 0 Å². The lowest BCUT2D eigenvalue weighted by molar-refractivity contribution is 0.217. The van der Waals surface area contributed by atoms with E-state index in [-0.39, 0.29) is 17.5 Å². The summed E-state index contributed by atoms with van der Waals surface area (Å²) in [5.41, 5.74) is 0.126. The molecule has 0 fully saturated rings. The summed E-state index contributed by atoms with van der Waals surface area (Å²) in [6.07, 6.45) is 0.955. The van der Waals surface area contributed by atoms with E-state index in [2.05, 4.69) is 38.3 Å². The lowest BCUT2D eigenvalue weighted by atomic mass is 9.85. The summed E-state index contributed by atoms with van der Waals surface area (Å²) in [6.45, 7) is 8.44. The van der Waals surface area contributed by atoms with Crippen molar-refractivity contribution in [2.75, 3.05) is 7.05 Å². The molecule has 12 heavy (non-hydrogen) atoms. The zero-order chi connectivity index (χ0) is 9.78. The van der Waals surface area contributed by atoms with Crippen LogP contribution in [0.15, 0.2) is 0 Å². The quantitative estimate of drug-likeness (QED) is 0.654. The third-order valence-electron chi connectivity index (χ3n) is 1.99. The van der Waals surface area contributed by atoms with Gasteiger partial charge in [-0.05, 0) is 11.8 Å². The van der Waals surface area contributed by atoms with E-state index in [0.717, 1.165) is 6.42 Å². The van der Waals surface area contributed by atoms with Crippen molar-refractivity contribution in [3.63, 3.8) is 0 Å². The van der Waals surface area contributed by atoms with Crippen LogP contribution in [0.5, 0.6) is 0 Å². The van der Waals surface area contributed by atoms with Crippen molar-refractivity contribution >= 4 is 6.03 Å². The number of carbonyl (C=O) groups excluding carboxylic acids is 1. The van der Waals surface area contributed by atoms with Crippen LogP contribution < -0.4 is 10.6 Å². The van der Waals surface area contributed by atoms with Crippen molar-refractivity contribution in [3.8, 4) is 0 Å². The van der Waals surface area contributed by atoms with Crippen LogP contribution >= 0.6 is 0 Å². The van der Waals surface area contributed by atoms with E-state index in [4.69, 9.17) is 0 Å². The molecule has 0 saturated heterocycles. The molecule has 72 valence electrons. The Balaban J connectivity index is 4.09. The van der Waals surface area contributed by atoms with E-state index in [9.17, 15) is 4.79 Å². The second kappa shape index (κ2) is 4.33. The lowest BCUT2D eigenvalue weighted by Crippen LogP contribution is -2.46. The van der Waals surface area contributed by atoms with Gasteiger partial charge < -0.3 is 10.6 Å². The van der Waals surface area contributed by atoms with Crippen molar-refractivity contribution in [2.45, 2.75) is 40.2 Å². The van der Waals surface area contributed by atoms with Gasteiger partial charge in [0, 0.05) is 13.1 Å². The number of hydrogen-bond acceptors (Lipinski definition) is 1. The van der Waals surface area contributed by atoms with E-state index in [1.54, 1.807) is 7.05 Å². The molecule has 0 aromatic carbocycles. The first-order valence-electron chi connectivity index (χ1n) is 4.40. The Morgan fingerprint density at radius 3 is 2.17 bits per heavy atom. The summed E-state index contributed by atoms with van der Waals surface area (Å²) in [4.78, 5) is 11.0. The van der Waals surface area contributed by atoms with Crippen LogP contribution in [-0.2, 0) is 0 Å². The van der Waals surface area contributed by atoms with Crippen molar-refractivity contribution < 1.29 is 4.79 Å². The highest BCUT2D eigenvalue weighted by atomic mass is 16.2. The maximum Gasteiger partial charge on any atom is 0.314 e. The molecule has 3 nitrogen and oxygen atoms in total. The number of urea groups is 1. The average molecular weight is 172 g/mol. The van der Waals surface area contributed by atoms with Gasteiger partial charge >= 0.3 is 6.03 Å². The Bertz CT molecular complexity index is 149. The Morgan fingerprint density at radius 2 is 1.92 bits per heavy atom. The summed E-state index contributed by atoms with van der Waals surface area (Å²) in [5.74, 6) is 0. The van der Waals surface area contributed by atoms with Crippen LogP contribution in [0.2, 0.25) is 0 Å². The lowest BCUT2D eigenvalue weighted by Gasteiger charge is -2.30. The van der Waals surface area contributed by atoms with E-state index in [1.807, 2.05) is 0 Å². The highest BCUT2D eigenvalue weighted by Crippen LogP contribution is 2.21. The minimum Gasteiger partial charge on any atom is -0.341 e. The van der Waals surface area contributed by atoms with E-state index in [1.165, 1.54) is 0 Å². The smallest absolute Gasteiger partial charge is 0.314 e. The van der Waals surface area contributed by atoms with Gasteiger partial charge in [-0.25, -0.2) is 4.79 Å². The molecule has 0 radical (unpaired) electrons. The van der Waals surface area contributed by atoms with Gasteiger partial charge in [-0.15, -0.1) is 0 Å². The molecule has 0 saturated carbocycles. The third-order valence-corrected chi connectivity index (χ3v) is 1.99. The minimum absolute atomic E-state index is 0.100. The standard InChI is InChI=1S/C9H20N2O/c1-6-7(9(2,3)4)11-8(12)10-5/h7H,6H2,1-5H3,(H2,10,11,12). The number of rotatable bonds is 2. The van der Waals surface area contributed by atoms with Gasteiger partial charge in [-0.3, -0.25) is 0 Å². The van der Waals surface area contributed by atoms with Crippen LogP contribution in [0, 0.1) is 5.41 Å². The van der Waals surface area contributed by atoms with Crippen molar-refractivity contribution in [1.29, 1.82) is 0 Å². The number of amides is 2. The molecule has 1 atom stereocenters. The molecule has 1 unspecified atom stereocenters. The molecule has 0 aliphatic carbocycles. The fourth-order valence-electron chi connectivity index (χ4n) is 1.16. The second-order valence-electron chi connectivity index (χ2n) is 4.05. The molecule has 0 aromatic heterocycles. The molecule has 2 N–H and O–H groups in total. The zero-order valence-corrected chi connectivity index (χ0v) is 8.69.